The lowest BCUT2D eigenvalue weighted by Gasteiger charge is -2.34. The van der Waals surface area contributed by atoms with Crippen molar-refractivity contribution < 1.29 is 32.6 Å². The Kier molecular flexibility index (Phi) is 8.39. The molecule has 1 aliphatic heterocycles. The number of likely N-dealkylation sites (tertiary alicyclic amines) is 1. The summed E-state index contributed by atoms with van der Waals surface area (Å²) in [6.07, 6.45) is 1.13. The van der Waals surface area contributed by atoms with Crippen LogP contribution >= 0.6 is 0 Å². The van der Waals surface area contributed by atoms with Gasteiger partial charge >= 0.3 is 6.61 Å². The Balaban J connectivity index is 1.60. The van der Waals surface area contributed by atoms with Crippen LogP contribution in [-0.4, -0.2) is 67.9 Å². The Labute approximate surface area is 196 Å². The summed E-state index contributed by atoms with van der Waals surface area (Å²) in [4.78, 5) is 41.1. The lowest BCUT2D eigenvalue weighted by atomic mass is 9.96. The van der Waals surface area contributed by atoms with E-state index >= 15 is 0 Å². The van der Waals surface area contributed by atoms with Gasteiger partial charge in [-0.2, -0.15) is 8.78 Å². The number of amides is 3. The quantitative estimate of drug-likeness (QED) is 0.633. The first kappa shape index (κ1) is 24.9. The zero-order chi connectivity index (χ0) is 24.7. The molecule has 1 aliphatic rings. The first-order chi connectivity index (χ1) is 16.3. The molecule has 8 nitrogen and oxygen atoms in total. The van der Waals surface area contributed by atoms with Gasteiger partial charge in [0, 0.05) is 31.9 Å². The molecule has 2 aromatic rings. The van der Waals surface area contributed by atoms with E-state index in [2.05, 4.69) is 10.1 Å². The third-order valence-corrected chi connectivity index (χ3v) is 5.50. The van der Waals surface area contributed by atoms with Crippen LogP contribution in [0, 0.1) is 5.92 Å². The number of likely N-dealkylation sites (N-methyl/N-ethyl adjacent to an activating group) is 1. The number of anilines is 1. The number of rotatable bonds is 8. The third kappa shape index (κ3) is 6.43. The molecule has 1 fully saturated rings. The van der Waals surface area contributed by atoms with Gasteiger partial charge in [-0.15, -0.1) is 0 Å². The van der Waals surface area contributed by atoms with Crippen LogP contribution in [0.4, 0.5) is 14.5 Å². The highest BCUT2D eigenvalue weighted by atomic mass is 19.3. The lowest BCUT2D eigenvalue weighted by molar-refractivity contribution is -0.138. The number of carbonyl (C=O) groups is 3. The van der Waals surface area contributed by atoms with Gasteiger partial charge in [0.25, 0.3) is 5.91 Å². The predicted molar refractivity (Wildman–Crippen MR) is 121 cm³/mol. The number of halogens is 2. The second-order valence-electron chi connectivity index (χ2n) is 7.94. The largest absolute Gasteiger partial charge is 0.497 e. The summed E-state index contributed by atoms with van der Waals surface area (Å²) in [5, 5.41) is 2.72. The van der Waals surface area contributed by atoms with Crippen molar-refractivity contribution in [3.63, 3.8) is 0 Å². The summed E-state index contributed by atoms with van der Waals surface area (Å²) in [6, 6.07) is 12.7. The number of hydrogen-bond donors (Lipinski definition) is 1. The number of nitrogens with one attached hydrogen (secondary N) is 1. The minimum Gasteiger partial charge on any atom is -0.497 e. The standard InChI is InChI=1S/C24H27F2N3O5/c1-28(15-21(30)27-17-8-5-9-18(13-17)33-2)22(31)16-7-6-12-29(14-16)23(32)19-10-3-4-11-20(19)34-24(25)26/h3-5,8-11,13,16,24H,6-7,12,14-15H2,1-2H3,(H,27,30). The van der Waals surface area contributed by atoms with E-state index in [-0.39, 0.29) is 36.2 Å². The number of carbonyl (C=O) groups excluding carboxylic acids is 3. The van der Waals surface area contributed by atoms with E-state index in [9.17, 15) is 23.2 Å². The van der Waals surface area contributed by atoms with E-state index in [1.54, 1.807) is 30.3 Å². The summed E-state index contributed by atoms with van der Waals surface area (Å²) in [6.45, 7) is -2.69. The van der Waals surface area contributed by atoms with Gasteiger partial charge in [0.15, 0.2) is 0 Å². The van der Waals surface area contributed by atoms with Crippen LogP contribution in [0.15, 0.2) is 48.5 Å². The lowest BCUT2D eigenvalue weighted by Crippen LogP contribution is -2.47. The highest BCUT2D eigenvalue weighted by Gasteiger charge is 2.32. The number of ether oxygens (including phenoxy) is 2. The molecule has 1 heterocycles. The minimum absolute atomic E-state index is 0.0157. The number of hydrogen-bond acceptors (Lipinski definition) is 5. The molecule has 3 rings (SSSR count). The normalized spacial score (nSPS) is 15.6. The molecule has 182 valence electrons. The maximum Gasteiger partial charge on any atom is 0.387 e. The number of benzene rings is 2. The first-order valence-electron chi connectivity index (χ1n) is 10.8. The molecule has 0 spiro atoms. The summed E-state index contributed by atoms with van der Waals surface area (Å²) >= 11 is 0. The van der Waals surface area contributed by atoms with Crippen molar-refractivity contribution >= 4 is 23.4 Å². The van der Waals surface area contributed by atoms with E-state index in [1.807, 2.05) is 0 Å². The summed E-state index contributed by atoms with van der Waals surface area (Å²) in [5.41, 5.74) is 0.561. The number of nitrogens with zero attached hydrogens (tertiary/aromatic N) is 2. The predicted octanol–water partition coefficient (Wildman–Crippen LogP) is 3.25. The Morgan fingerprint density at radius 3 is 2.68 bits per heavy atom. The zero-order valence-electron chi connectivity index (χ0n) is 19.0. The van der Waals surface area contributed by atoms with E-state index in [4.69, 9.17) is 4.74 Å². The molecular formula is C24H27F2N3O5. The molecule has 3 amide bonds. The fourth-order valence-corrected chi connectivity index (χ4v) is 3.88. The molecule has 0 saturated carbocycles. The van der Waals surface area contributed by atoms with Crippen LogP contribution in [0.1, 0.15) is 23.2 Å². The van der Waals surface area contributed by atoms with Gasteiger partial charge in [-0.25, -0.2) is 0 Å². The van der Waals surface area contributed by atoms with E-state index in [1.165, 1.54) is 42.2 Å². The number of methoxy groups -OCH3 is 1. The van der Waals surface area contributed by atoms with Gasteiger partial charge in [-0.1, -0.05) is 18.2 Å². The molecule has 10 heteroatoms. The average Bonchev–Trinajstić information content (AvgIpc) is 2.83. The van der Waals surface area contributed by atoms with Crippen LogP contribution in [-0.2, 0) is 9.59 Å². The Bertz CT molecular complexity index is 1030. The molecule has 1 atom stereocenters. The van der Waals surface area contributed by atoms with Crippen molar-refractivity contribution in [2.24, 2.45) is 5.92 Å². The second-order valence-corrected chi connectivity index (χ2v) is 7.94. The summed E-state index contributed by atoms with van der Waals surface area (Å²) < 4.78 is 35.0. The Hall–Kier alpha value is -3.69. The third-order valence-electron chi connectivity index (χ3n) is 5.50. The fourth-order valence-electron chi connectivity index (χ4n) is 3.88. The Morgan fingerprint density at radius 2 is 1.94 bits per heavy atom. The van der Waals surface area contributed by atoms with Gasteiger partial charge in [-0.05, 0) is 37.1 Å². The molecule has 1 saturated heterocycles. The van der Waals surface area contributed by atoms with Crippen LogP contribution in [0.3, 0.4) is 0 Å². The monoisotopic (exact) mass is 475 g/mol. The summed E-state index contributed by atoms with van der Waals surface area (Å²) in [5.74, 6) is -1.24. The first-order valence-corrected chi connectivity index (χ1v) is 10.8. The van der Waals surface area contributed by atoms with Gasteiger partial charge in [0.1, 0.15) is 11.5 Å². The van der Waals surface area contributed by atoms with E-state index in [0.29, 0.717) is 30.8 Å². The van der Waals surface area contributed by atoms with Crippen molar-refractivity contribution in [1.29, 1.82) is 0 Å². The molecule has 0 aliphatic carbocycles. The summed E-state index contributed by atoms with van der Waals surface area (Å²) in [7, 11) is 3.05. The van der Waals surface area contributed by atoms with Crippen molar-refractivity contribution in [3.05, 3.63) is 54.1 Å². The molecular weight excluding hydrogens is 448 g/mol. The van der Waals surface area contributed by atoms with Crippen molar-refractivity contribution in [3.8, 4) is 11.5 Å². The van der Waals surface area contributed by atoms with Gasteiger partial charge in [0.05, 0.1) is 25.1 Å². The highest BCUT2D eigenvalue weighted by molar-refractivity contribution is 5.98. The van der Waals surface area contributed by atoms with Crippen LogP contribution in [0.25, 0.3) is 0 Å². The number of para-hydroxylation sites is 1. The smallest absolute Gasteiger partial charge is 0.387 e. The molecule has 0 bridgehead atoms. The van der Waals surface area contributed by atoms with E-state index < -0.39 is 18.4 Å². The average molecular weight is 475 g/mol. The van der Waals surface area contributed by atoms with Gasteiger partial charge < -0.3 is 24.6 Å². The Morgan fingerprint density at radius 1 is 1.18 bits per heavy atom. The topological polar surface area (TPSA) is 88.2 Å². The van der Waals surface area contributed by atoms with E-state index in [0.717, 1.165) is 0 Å². The second kappa shape index (κ2) is 11.4. The molecule has 0 radical (unpaired) electrons. The maximum atomic E-state index is 13.0. The highest BCUT2D eigenvalue weighted by Crippen LogP contribution is 2.26. The molecule has 2 aromatic carbocycles. The van der Waals surface area contributed by atoms with Gasteiger partial charge in [0.2, 0.25) is 11.8 Å². The minimum atomic E-state index is -3.05. The SMILES string of the molecule is COc1cccc(NC(=O)CN(C)C(=O)C2CCCN(C(=O)c3ccccc3OC(F)F)C2)c1. The van der Waals surface area contributed by atoms with Crippen molar-refractivity contribution in [1.82, 2.24) is 9.80 Å². The van der Waals surface area contributed by atoms with Crippen molar-refractivity contribution in [2.75, 3.05) is 39.1 Å². The van der Waals surface area contributed by atoms with Crippen molar-refractivity contribution in [2.45, 2.75) is 19.5 Å². The molecule has 34 heavy (non-hydrogen) atoms. The molecule has 0 aromatic heterocycles. The molecule has 1 N–H and O–H groups in total. The number of piperidine rings is 1. The van der Waals surface area contributed by atoms with Crippen LogP contribution in [0.5, 0.6) is 11.5 Å². The fraction of sp³-hybridized carbons (Fsp3) is 0.375. The van der Waals surface area contributed by atoms with Gasteiger partial charge in [-0.3, -0.25) is 14.4 Å². The maximum absolute atomic E-state index is 13.0. The van der Waals surface area contributed by atoms with Crippen LogP contribution in [0.2, 0.25) is 0 Å². The van der Waals surface area contributed by atoms with Crippen LogP contribution < -0.4 is 14.8 Å². The molecule has 1 unspecified atom stereocenters. The zero-order valence-corrected chi connectivity index (χ0v) is 19.0. The number of alkyl halides is 2.